The van der Waals surface area contributed by atoms with Gasteiger partial charge in [-0.25, -0.2) is 5.48 Å². The molecule has 0 saturated carbocycles. The van der Waals surface area contributed by atoms with E-state index in [-0.39, 0.29) is 5.56 Å². The van der Waals surface area contributed by atoms with Gasteiger partial charge >= 0.3 is 6.18 Å². The highest BCUT2D eigenvalue weighted by atomic mass is 19.4. The number of aromatic hydroxyl groups is 2. The monoisotopic (exact) mass is 223 g/mol. The lowest BCUT2D eigenvalue weighted by Gasteiger charge is -2.12. The third kappa shape index (κ3) is 2.51. The molecular formula is C8H8F3NO3. The number of nitrogens with one attached hydrogen (secondary N) is 1. The minimum atomic E-state index is -4.76. The zero-order valence-corrected chi connectivity index (χ0v) is 7.34. The summed E-state index contributed by atoms with van der Waals surface area (Å²) in [6.07, 6.45) is -4.76. The quantitative estimate of drug-likeness (QED) is 0.454. The van der Waals surface area contributed by atoms with E-state index in [4.69, 9.17) is 10.3 Å². The second kappa shape index (κ2) is 3.95. The number of hydrogen-bond acceptors (Lipinski definition) is 4. The molecule has 15 heavy (non-hydrogen) atoms. The zero-order valence-electron chi connectivity index (χ0n) is 7.34. The molecule has 0 spiro atoms. The number of rotatable bonds is 2. The van der Waals surface area contributed by atoms with Crippen LogP contribution in [0.25, 0.3) is 0 Å². The molecular weight excluding hydrogens is 215 g/mol. The molecule has 0 saturated heterocycles. The lowest BCUT2D eigenvalue weighted by molar-refractivity contribution is -0.139. The van der Waals surface area contributed by atoms with Gasteiger partial charge in [0.2, 0.25) is 0 Å². The van der Waals surface area contributed by atoms with Crippen LogP contribution in [0.2, 0.25) is 0 Å². The predicted molar refractivity (Wildman–Crippen MR) is 43.4 cm³/mol. The third-order valence-corrected chi connectivity index (χ3v) is 1.75. The number of benzene rings is 1. The van der Waals surface area contributed by atoms with Crippen molar-refractivity contribution >= 4 is 0 Å². The molecule has 0 aliphatic rings. The van der Waals surface area contributed by atoms with Crippen molar-refractivity contribution in [1.82, 2.24) is 5.48 Å². The molecule has 0 atom stereocenters. The molecule has 84 valence electrons. The van der Waals surface area contributed by atoms with Gasteiger partial charge in [-0.3, -0.25) is 0 Å². The zero-order chi connectivity index (χ0) is 11.6. The van der Waals surface area contributed by atoms with Gasteiger partial charge < -0.3 is 15.4 Å². The summed E-state index contributed by atoms with van der Waals surface area (Å²) in [6.45, 7) is -0.399. The Morgan fingerprint density at radius 2 is 1.80 bits per heavy atom. The first kappa shape index (κ1) is 11.6. The van der Waals surface area contributed by atoms with Crippen LogP contribution in [-0.4, -0.2) is 15.4 Å². The second-order valence-electron chi connectivity index (χ2n) is 2.83. The van der Waals surface area contributed by atoms with Crippen LogP contribution < -0.4 is 5.48 Å². The van der Waals surface area contributed by atoms with Crippen molar-refractivity contribution in [3.63, 3.8) is 0 Å². The lowest BCUT2D eigenvalue weighted by atomic mass is 10.1. The molecule has 0 heterocycles. The SMILES string of the molecule is ONCc1cc(O)cc(C(F)(F)F)c1O. The van der Waals surface area contributed by atoms with Crippen molar-refractivity contribution in [1.29, 1.82) is 0 Å². The standard InChI is InChI=1S/C8H8F3NO3/c9-8(10,11)6-2-5(13)1-4(3-12-15)7(6)14/h1-2,12-15H,3H2. The van der Waals surface area contributed by atoms with Gasteiger partial charge in [-0.05, 0) is 12.1 Å². The summed E-state index contributed by atoms with van der Waals surface area (Å²) in [5.41, 5.74) is 0.00667. The first-order chi connectivity index (χ1) is 6.86. The smallest absolute Gasteiger partial charge is 0.420 e. The minimum Gasteiger partial charge on any atom is -0.508 e. The van der Waals surface area contributed by atoms with E-state index in [0.29, 0.717) is 6.07 Å². The molecule has 4 N–H and O–H groups in total. The first-order valence-corrected chi connectivity index (χ1v) is 3.85. The van der Waals surface area contributed by atoms with Crippen molar-refractivity contribution in [2.24, 2.45) is 0 Å². The van der Waals surface area contributed by atoms with Crippen molar-refractivity contribution in [2.45, 2.75) is 12.7 Å². The van der Waals surface area contributed by atoms with Gasteiger partial charge in [0.25, 0.3) is 0 Å². The highest BCUT2D eigenvalue weighted by molar-refractivity contribution is 5.47. The molecule has 0 aliphatic heterocycles. The second-order valence-corrected chi connectivity index (χ2v) is 2.83. The Morgan fingerprint density at radius 1 is 1.20 bits per heavy atom. The van der Waals surface area contributed by atoms with Gasteiger partial charge in [0.05, 0.1) is 0 Å². The Kier molecular flexibility index (Phi) is 3.06. The van der Waals surface area contributed by atoms with E-state index in [1.54, 1.807) is 5.48 Å². The summed E-state index contributed by atoms with van der Waals surface area (Å²) in [7, 11) is 0. The van der Waals surface area contributed by atoms with Gasteiger partial charge in [-0.15, -0.1) is 0 Å². The molecule has 0 unspecified atom stereocenters. The van der Waals surface area contributed by atoms with Crippen LogP contribution in [0, 0.1) is 0 Å². The van der Waals surface area contributed by atoms with Gasteiger partial charge in [0.1, 0.15) is 17.1 Å². The Balaban J connectivity index is 3.28. The summed E-state index contributed by atoms with van der Waals surface area (Å²) in [5.74, 6) is -1.65. The highest BCUT2D eigenvalue weighted by Gasteiger charge is 2.35. The van der Waals surface area contributed by atoms with Crippen molar-refractivity contribution < 1.29 is 28.6 Å². The highest BCUT2D eigenvalue weighted by Crippen LogP contribution is 2.39. The fraction of sp³-hybridized carbons (Fsp3) is 0.250. The summed E-state index contributed by atoms with van der Waals surface area (Å²) in [4.78, 5) is 0. The molecule has 4 nitrogen and oxygen atoms in total. The topological polar surface area (TPSA) is 72.7 Å². The Hall–Kier alpha value is -1.47. The van der Waals surface area contributed by atoms with Crippen LogP contribution >= 0.6 is 0 Å². The molecule has 0 radical (unpaired) electrons. The number of hydrogen-bond donors (Lipinski definition) is 4. The maximum Gasteiger partial charge on any atom is 0.420 e. The summed E-state index contributed by atoms with van der Waals surface area (Å²) >= 11 is 0. The number of hydroxylamine groups is 1. The summed E-state index contributed by atoms with van der Waals surface area (Å²) < 4.78 is 36.9. The molecule has 0 aliphatic carbocycles. The fourth-order valence-electron chi connectivity index (χ4n) is 1.11. The van der Waals surface area contributed by atoms with E-state index in [1.165, 1.54) is 0 Å². The maximum atomic E-state index is 12.3. The van der Waals surface area contributed by atoms with Crippen molar-refractivity contribution in [3.05, 3.63) is 23.3 Å². The van der Waals surface area contributed by atoms with Crippen LogP contribution in [-0.2, 0) is 12.7 Å². The number of phenols is 2. The van der Waals surface area contributed by atoms with Gasteiger partial charge in [0.15, 0.2) is 0 Å². The van der Waals surface area contributed by atoms with Gasteiger partial charge in [-0.2, -0.15) is 13.2 Å². The van der Waals surface area contributed by atoms with Crippen molar-refractivity contribution in [3.8, 4) is 11.5 Å². The molecule has 0 aromatic heterocycles. The van der Waals surface area contributed by atoms with Crippen LogP contribution in [0.15, 0.2) is 12.1 Å². The third-order valence-electron chi connectivity index (χ3n) is 1.75. The van der Waals surface area contributed by atoms with E-state index in [1.807, 2.05) is 0 Å². The molecule has 1 aromatic rings. The largest absolute Gasteiger partial charge is 0.508 e. The molecule has 7 heteroatoms. The molecule has 1 aromatic carbocycles. The van der Waals surface area contributed by atoms with Crippen molar-refractivity contribution in [2.75, 3.05) is 0 Å². The van der Waals surface area contributed by atoms with E-state index in [2.05, 4.69) is 0 Å². The Morgan fingerprint density at radius 3 is 2.27 bits per heavy atom. The predicted octanol–water partition coefficient (Wildman–Crippen LogP) is 1.60. The van der Waals surface area contributed by atoms with E-state index >= 15 is 0 Å². The van der Waals surface area contributed by atoms with Crippen LogP contribution in [0.1, 0.15) is 11.1 Å². The Bertz CT molecular complexity index is 365. The average Bonchev–Trinajstić information content (AvgIpc) is 2.09. The van der Waals surface area contributed by atoms with E-state index in [9.17, 15) is 18.3 Å². The van der Waals surface area contributed by atoms with Crippen LogP contribution in [0.3, 0.4) is 0 Å². The summed E-state index contributed by atoms with van der Waals surface area (Å²) in [6, 6.07) is 1.34. The molecule has 0 amide bonds. The van der Waals surface area contributed by atoms with Gasteiger partial charge in [-0.1, -0.05) is 0 Å². The minimum absolute atomic E-state index is 0.246. The Labute approximate surface area is 82.5 Å². The molecule has 1 rings (SSSR count). The van der Waals surface area contributed by atoms with E-state index in [0.717, 1.165) is 6.07 Å². The normalized spacial score (nSPS) is 11.7. The lowest BCUT2D eigenvalue weighted by Crippen LogP contribution is -2.10. The molecule has 0 bridgehead atoms. The number of phenolic OH excluding ortho intramolecular Hbond substituents is 2. The number of halogens is 3. The summed E-state index contributed by atoms with van der Waals surface area (Å²) in [5, 5.41) is 26.5. The maximum absolute atomic E-state index is 12.3. The van der Waals surface area contributed by atoms with E-state index < -0.39 is 29.8 Å². The van der Waals surface area contributed by atoms with Crippen LogP contribution in [0.5, 0.6) is 11.5 Å². The van der Waals surface area contributed by atoms with Gasteiger partial charge in [0, 0.05) is 12.1 Å². The molecule has 0 fully saturated rings. The fourth-order valence-corrected chi connectivity index (χ4v) is 1.11. The first-order valence-electron chi connectivity index (χ1n) is 3.85. The average molecular weight is 223 g/mol. The van der Waals surface area contributed by atoms with Crippen LogP contribution in [0.4, 0.5) is 13.2 Å². The number of alkyl halides is 3.